The molecule has 4 rings (SSSR count). The van der Waals surface area contributed by atoms with E-state index in [0.717, 1.165) is 53.7 Å². The van der Waals surface area contributed by atoms with Crippen LogP contribution in [0.5, 0.6) is 0 Å². The zero-order valence-electron chi connectivity index (χ0n) is 16.4. The summed E-state index contributed by atoms with van der Waals surface area (Å²) in [5.74, 6) is 0.131. The largest absolute Gasteiger partial charge is 0.342 e. The Morgan fingerprint density at radius 3 is 2.68 bits per heavy atom. The Bertz CT molecular complexity index is 967. The van der Waals surface area contributed by atoms with E-state index in [4.69, 9.17) is 0 Å². The maximum absolute atomic E-state index is 12.8. The number of hydrogen-bond acceptors (Lipinski definition) is 5. The number of hydrogen-bond donors (Lipinski definition) is 0. The second-order valence-corrected chi connectivity index (χ2v) is 7.54. The molecule has 3 aromatic rings. The van der Waals surface area contributed by atoms with Crippen LogP contribution in [-0.2, 0) is 11.2 Å². The molecule has 0 unspecified atom stereocenters. The highest BCUT2D eigenvalue weighted by Crippen LogP contribution is 2.23. The van der Waals surface area contributed by atoms with Crippen LogP contribution in [0.4, 0.5) is 0 Å². The Morgan fingerprint density at radius 2 is 1.93 bits per heavy atom. The molecule has 1 aliphatic rings. The standard InChI is InChI=1S/C22H25N5O/c1-26-9-5-20(6-10-26)27(2)22(28)13-19-12-18-11-16(3-4-17(18)14-25-19)21-15-23-7-8-24-21/h3-4,7-8,11-12,14-15,20H,5-6,9-10,13H2,1-2H3. The van der Waals surface area contributed by atoms with Gasteiger partial charge in [-0.15, -0.1) is 0 Å². The van der Waals surface area contributed by atoms with Gasteiger partial charge in [-0.05, 0) is 50.5 Å². The Hall–Kier alpha value is -2.86. The topological polar surface area (TPSA) is 62.2 Å². The summed E-state index contributed by atoms with van der Waals surface area (Å²) >= 11 is 0. The third-order valence-electron chi connectivity index (χ3n) is 5.60. The van der Waals surface area contributed by atoms with Crippen molar-refractivity contribution in [3.63, 3.8) is 0 Å². The first kappa shape index (κ1) is 18.5. The minimum absolute atomic E-state index is 0.131. The summed E-state index contributed by atoms with van der Waals surface area (Å²) in [6, 6.07) is 8.47. The molecule has 1 fully saturated rings. The summed E-state index contributed by atoms with van der Waals surface area (Å²) in [5, 5.41) is 2.11. The number of pyridine rings is 1. The highest BCUT2D eigenvalue weighted by molar-refractivity contribution is 5.87. The Morgan fingerprint density at radius 1 is 1.11 bits per heavy atom. The highest BCUT2D eigenvalue weighted by Gasteiger charge is 2.24. The van der Waals surface area contributed by atoms with Crippen LogP contribution in [0.3, 0.4) is 0 Å². The Kier molecular flexibility index (Phi) is 5.30. The molecule has 2 aromatic heterocycles. The van der Waals surface area contributed by atoms with Gasteiger partial charge < -0.3 is 9.80 Å². The Labute approximate surface area is 165 Å². The van der Waals surface area contributed by atoms with E-state index in [0.29, 0.717) is 12.5 Å². The molecule has 1 saturated heterocycles. The van der Waals surface area contributed by atoms with Crippen molar-refractivity contribution >= 4 is 16.7 Å². The molecule has 1 aromatic carbocycles. The lowest BCUT2D eigenvalue weighted by molar-refractivity contribution is -0.132. The van der Waals surface area contributed by atoms with Gasteiger partial charge in [-0.3, -0.25) is 19.7 Å². The van der Waals surface area contributed by atoms with Crippen molar-refractivity contribution in [3.05, 3.63) is 54.7 Å². The number of carbonyl (C=O) groups is 1. The molecule has 28 heavy (non-hydrogen) atoms. The van der Waals surface area contributed by atoms with Gasteiger partial charge in [-0.1, -0.05) is 12.1 Å². The maximum atomic E-state index is 12.8. The van der Waals surface area contributed by atoms with Crippen molar-refractivity contribution in [2.75, 3.05) is 27.2 Å². The van der Waals surface area contributed by atoms with Gasteiger partial charge in [0.1, 0.15) is 0 Å². The monoisotopic (exact) mass is 375 g/mol. The number of rotatable bonds is 4. The Balaban J connectivity index is 1.51. The molecule has 3 heterocycles. The first-order valence-corrected chi connectivity index (χ1v) is 9.69. The molecule has 6 nitrogen and oxygen atoms in total. The maximum Gasteiger partial charge on any atom is 0.228 e. The lowest BCUT2D eigenvalue weighted by Crippen LogP contribution is -2.45. The molecule has 6 heteroatoms. The smallest absolute Gasteiger partial charge is 0.228 e. The minimum Gasteiger partial charge on any atom is -0.342 e. The molecule has 1 aliphatic heterocycles. The normalized spacial score (nSPS) is 15.6. The third kappa shape index (κ3) is 4.02. The summed E-state index contributed by atoms with van der Waals surface area (Å²) in [4.78, 5) is 30.0. The van der Waals surface area contributed by atoms with Gasteiger partial charge in [-0.25, -0.2) is 0 Å². The molecule has 0 saturated carbocycles. The number of benzene rings is 1. The van der Waals surface area contributed by atoms with E-state index in [1.807, 2.05) is 36.3 Å². The van der Waals surface area contributed by atoms with Crippen molar-refractivity contribution < 1.29 is 4.79 Å². The van der Waals surface area contributed by atoms with E-state index in [1.165, 1.54) is 0 Å². The fraction of sp³-hybridized carbons (Fsp3) is 0.364. The molecular weight excluding hydrogens is 350 g/mol. The van der Waals surface area contributed by atoms with Crippen molar-refractivity contribution in [1.82, 2.24) is 24.8 Å². The summed E-state index contributed by atoms with van der Waals surface area (Å²) < 4.78 is 0. The molecule has 0 radical (unpaired) electrons. The molecular formula is C22H25N5O. The zero-order chi connectivity index (χ0) is 19.5. The average molecular weight is 375 g/mol. The van der Waals surface area contributed by atoms with E-state index in [-0.39, 0.29) is 5.91 Å². The van der Waals surface area contributed by atoms with Gasteiger partial charge in [0.2, 0.25) is 5.91 Å². The second kappa shape index (κ2) is 8.02. The van der Waals surface area contributed by atoms with Gasteiger partial charge in [0.15, 0.2) is 0 Å². The van der Waals surface area contributed by atoms with Crippen LogP contribution in [0, 0.1) is 0 Å². The number of fused-ring (bicyclic) bond motifs is 1. The zero-order valence-corrected chi connectivity index (χ0v) is 16.4. The minimum atomic E-state index is 0.131. The number of likely N-dealkylation sites (N-methyl/N-ethyl adjacent to an activating group) is 1. The summed E-state index contributed by atoms with van der Waals surface area (Å²) in [5.41, 5.74) is 2.64. The van der Waals surface area contributed by atoms with Crippen LogP contribution in [0.1, 0.15) is 18.5 Å². The van der Waals surface area contributed by atoms with Gasteiger partial charge in [0, 0.05) is 42.6 Å². The third-order valence-corrected chi connectivity index (χ3v) is 5.60. The summed E-state index contributed by atoms with van der Waals surface area (Å²) in [6.07, 6.45) is 9.34. The van der Waals surface area contributed by atoms with Crippen LogP contribution < -0.4 is 0 Å². The van der Waals surface area contributed by atoms with Crippen molar-refractivity contribution in [1.29, 1.82) is 0 Å². The van der Waals surface area contributed by atoms with E-state index < -0.39 is 0 Å². The van der Waals surface area contributed by atoms with E-state index in [9.17, 15) is 4.79 Å². The molecule has 0 N–H and O–H groups in total. The fourth-order valence-electron chi connectivity index (χ4n) is 3.76. The van der Waals surface area contributed by atoms with Crippen LogP contribution in [0.2, 0.25) is 0 Å². The summed E-state index contributed by atoms with van der Waals surface area (Å²) in [7, 11) is 4.05. The number of likely N-dealkylation sites (tertiary alicyclic amines) is 1. The van der Waals surface area contributed by atoms with Gasteiger partial charge in [0.25, 0.3) is 0 Å². The van der Waals surface area contributed by atoms with Crippen LogP contribution in [-0.4, -0.2) is 63.9 Å². The number of carbonyl (C=O) groups excluding carboxylic acids is 1. The fourth-order valence-corrected chi connectivity index (χ4v) is 3.76. The first-order valence-electron chi connectivity index (χ1n) is 9.69. The summed E-state index contributed by atoms with van der Waals surface area (Å²) in [6.45, 7) is 2.09. The molecule has 0 bridgehead atoms. The van der Waals surface area contributed by atoms with Crippen LogP contribution >= 0.6 is 0 Å². The average Bonchev–Trinajstić information content (AvgIpc) is 2.74. The number of piperidine rings is 1. The quantitative estimate of drug-likeness (QED) is 0.702. The van der Waals surface area contributed by atoms with Crippen LogP contribution in [0.15, 0.2) is 49.1 Å². The van der Waals surface area contributed by atoms with E-state index >= 15 is 0 Å². The van der Waals surface area contributed by atoms with Crippen molar-refractivity contribution in [3.8, 4) is 11.3 Å². The van der Waals surface area contributed by atoms with Crippen molar-refractivity contribution in [2.24, 2.45) is 0 Å². The van der Waals surface area contributed by atoms with Crippen LogP contribution in [0.25, 0.3) is 22.0 Å². The van der Waals surface area contributed by atoms with Gasteiger partial charge in [-0.2, -0.15) is 0 Å². The van der Waals surface area contributed by atoms with Crippen molar-refractivity contribution in [2.45, 2.75) is 25.3 Å². The SMILES string of the molecule is CN1CCC(N(C)C(=O)Cc2cc3cc(-c4cnccn4)ccc3cn2)CC1. The number of nitrogens with zero attached hydrogens (tertiary/aromatic N) is 5. The lowest BCUT2D eigenvalue weighted by atomic mass is 10.0. The predicted octanol–water partition coefficient (Wildman–Crippen LogP) is 2.79. The molecule has 0 atom stereocenters. The second-order valence-electron chi connectivity index (χ2n) is 7.54. The molecule has 1 amide bonds. The first-order chi connectivity index (χ1) is 13.6. The number of aromatic nitrogens is 3. The van der Waals surface area contributed by atoms with E-state index in [2.05, 4.69) is 33.0 Å². The predicted molar refractivity (Wildman–Crippen MR) is 110 cm³/mol. The highest BCUT2D eigenvalue weighted by atomic mass is 16.2. The van der Waals surface area contributed by atoms with E-state index in [1.54, 1.807) is 18.6 Å². The number of amides is 1. The molecule has 144 valence electrons. The van der Waals surface area contributed by atoms with Gasteiger partial charge >= 0.3 is 0 Å². The lowest BCUT2D eigenvalue weighted by Gasteiger charge is -2.35. The van der Waals surface area contributed by atoms with Gasteiger partial charge in [0.05, 0.1) is 24.0 Å². The molecule has 0 spiro atoms. The molecule has 0 aliphatic carbocycles.